The zero-order valence-corrected chi connectivity index (χ0v) is 11.7. The van der Waals surface area contributed by atoms with E-state index < -0.39 is 0 Å². The molecule has 1 nitrogen and oxygen atoms in total. The van der Waals surface area contributed by atoms with Gasteiger partial charge >= 0.3 is 0 Å². The molecule has 1 aromatic carbocycles. The Balaban J connectivity index is 2.39. The van der Waals surface area contributed by atoms with E-state index in [0.29, 0.717) is 6.04 Å². The van der Waals surface area contributed by atoms with Gasteiger partial charge in [0.1, 0.15) is 0 Å². The van der Waals surface area contributed by atoms with Crippen LogP contribution in [0.2, 0.25) is 0 Å². The van der Waals surface area contributed by atoms with Crippen LogP contribution < -0.4 is 5.32 Å². The Morgan fingerprint density at radius 3 is 2.94 bits per heavy atom. The highest BCUT2D eigenvalue weighted by Crippen LogP contribution is 2.20. The largest absolute Gasteiger partial charge is 0.310 e. The molecule has 0 spiro atoms. The normalized spacial score (nSPS) is 10.8. The molecule has 2 heteroatoms. The van der Waals surface area contributed by atoms with E-state index in [0.717, 1.165) is 13.0 Å². The standard InChI is InChI=1S/C15H23NS/c1-4-5-6-10-17-15-9-7-8-14(11-15)12-16-13(2)3/h4,7-9,11,13,16H,1,5-6,10,12H2,2-3H3. The van der Waals surface area contributed by atoms with Crippen molar-refractivity contribution in [2.45, 2.75) is 44.2 Å². The number of nitrogens with one attached hydrogen (secondary N) is 1. The zero-order chi connectivity index (χ0) is 12.5. The molecule has 0 aromatic heterocycles. The fourth-order valence-corrected chi connectivity index (χ4v) is 2.44. The molecule has 94 valence electrons. The number of allylic oxidation sites excluding steroid dienone is 1. The SMILES string of the molecule is C=CCCCSc1cccc(CNC(C)C)c1. The first-order chi connectivity index (χ1) is 8.22. The summed E-state index contributed by atoms with van der Waals surface area (Å²) in [5, 5.41) is 3.44. The van der Waals surface area contributed by atoms with Crippen LogP contribution in [-0.2, 0) is 6.54 Å². The molecule has 1 N–H and O–H groups in total. The molecule has 0 saturated heterocycles. The van der Waals surface area contributed by atoms with Gasteiger partial charge in [0.15, 0.2) is 0 Å². The molecule has 0 bridgehead atoms. The first kappa shape index (κ1) is 14.3. The summed E-state index contributed by atoms with van der Waals surface area (Å²) in [6.45, 7) is 9.05. The fraction of sp³-hybridized carbons (Fsp3) is 0.467. The summed E-state index contributed by atoms with van der Waals surface area (Å²) in [5.41, 5.74) is 1.37. The molecule has 1 rings (SSSR count). The van der Waals surface area contributed by atoms with Gasteiger partial charge in [-0.05, 0) is 36.3 Å². The molecule has 0 radical (unpaired) electrons. The van der Waals surface area contributed by atoms with Crippen LogP contribution in [0.3, 0.4) is 0 Å². The van der Waals surface area contributed by atoms with Crippen LogP contribution in [0.5, 0.6) is 0 Å². The number of hydrogen-bond acceptors (Lipinski definition) is 2. The summed E-state index contributed by atoms with van der Waals surface area (Å²) >= 11 is 1.93. The lowest BCUT2D eigenvalue weighted by Crippen LogP contribution is -2.21. The molecule has 17 heavy (non-hydrogen) atoms. The lowest BCUT2D eigenvalue weighted by atomic mass is 10.2. The van der Waals surface area contributed by atoms with E-state index in [1.54, 1.807) is 0 Å². The quantitative estimate of drug-likeness (QED) is 0.420. The van der Waals surface area contributed by atoms with E-state index in [1.807, 2.05) is 17.8 Å². The van der Waals surface area contributed by atoms with Crippen LogP contribution in [0.15, 0.2) is 41.8 Å². The number of thioether (sulfide) groups is 1. The molecular formula is C15H23NS. The van der Waals surface area contributed by atoms with Gasteiger partial charge < -0.3 is 5.32 Å². The van der Waals surface area contributed by atoms with Gasteiger partial charge in [0.2, 0.25) is 0 Å². The maximum absolute atomic E-state index is 3.74. The molecule has 0 aliphatic rings. The predicted molar refractivity (Wildman–Crippen MR) is 78.6 cm³/mol. The van der Waals surface area contributed by atoms with E-state index in [-0.39, 0.29) is 0 Å². The summed E-state index contributed by atoms with van der Waals surface area (Å²) in [6.07, 6.45) is 4.31. The van der Waals surface area contributed by atoms with Crippen LogP contribution in [0.25, 0.3) is 0 Å². The summed E-state index contributed by atoms with van der Waals surface area (Å²) in [5.74, 6) is 1.17. The van der Waals surface area contributed by atoms with Crippen molar-refractivity contribution in [2.24, 2.45) is 0 Å². The van der Waals surface area contributed by atoms with Crippen molar-refractivity contribution in [1.82, 2.24) is 5.32 Å². The van der Waals surface area contributed by atoms with Gasteiger partial charge in [-0.25, -0.2) is 0 Å². The minimum atomic E-state index is 0.541. The van der Waals surface area contributed by atoms with E-state index in [4.69, 9.17) is 0 Å². The Morgan fingerprint density at radius 1 is 1.41 bits per heavy atom. The zero-order valence-electron chi connectivity index (χ0n) is 10.9. The van der Waals surface area contributed by atoms with Crippen molar-refractivity contribution < 1.29 is 0 Å². The Labute approximate surface area is 110 Å². The topological polar surface area (TPSA) is 12.0 Å². The lowest BCUT2D eigenvalue weighted by molar-refractivity contribution is 0.588. The highest BCUT2D eigenvalue weighted by Gasteiger charge is 1.98. The van der Waals surface area contributed by atoms with Gasteiger partial charge in [-0.2, -0.15) is 0 Å². The Morgan fingerprint density at radius 2 is 2.24 bits per heavy atom. The summed E-state index contributed by atoms with van der Waals surface area (Å²) in [4.78, 5) is 1.37. The molecule has 0 saturated carbocycles. The van der Waals surface area contributed by atoms with Crippen molar-refractivity contribution in [2.75, 3.05) is 5.75 Å². The smallest absolute Gasteiger partial charge is 0.0208 e. The fourth-order valence-electron chi connectivity index (χ4n) is 1.48. The number of benzene rings is 1. The Hall–Kier alpha value is -0.730. The van der Waals surface area contributed by atoms with Crippen LogP contribution in [-0.4, -0.2) is 11.8 Å². The van der Waals surface area contributed by atoms with Gasteiger partial charge in [-0.3, -0.25) is 0 Å². The highest BCUT2D eigenvalue weighted by molar-refractivity contribution is 7.99. The van der Waals surface area contributed by atoms with Crippen LogP contribution >= 0.6 is 11.8 Å². The second-order valence-corrected chi connectivity index (χ2v) is 5.63. The van der Waals surface area contributed by atoms with E-state index in [9.17, 15) is 0 Å². The Kier molecular flexibility index (Phi) is 7.06. The highest BCUT2D eigenvalue weighted by atomic mass is 32.2. The third-order valence-electron chi connectivity index (χ3n) is 2.43. The molecule has 0 fully saturated rings. The van der Waals surface area contributed by atoms with Gasteiger partial charge in [0, 0.05) is 17.5 Å². The maximum atomic E-state index is 3.74. The third-order valence-corrected chi connectivity index (χ3v) is 3.51. The molecule has 1 aromatic rings. The predicted octanol–water partition coefficient (Wildman–Crippen LogP) is 4.24. The summed E-state index contributed by atoms with van der Waals surface area (Å²) < 4.78 is 0. The molecule has 0 aliphatic carbocycles. The second kappa shape index (κ2) is 8.37. The van der Waals surface area contributed by atoms with E-state index in [2.05, 4.69) is 50.0 Å². The molecule has 0 unspecified atom stereocenters. The molecule has 0 aliphatic heterocycles. The average molecular weight is 249 g/mol. The van der Waals surface area contributed by atoms with Gasteiger partial charge in [0.05, 0.1) is 0 Å². The van der Waals surface area contributed by atoms with Crippen LogP contribution in [0.1, 0.15) is 32.3 Å². The molecule has 0 amide bonds. The van der Waals surface area contributed by atoms with Crippen molar-refractivity contribution in [3.63, 3.8) is 0 Å². The number of rotatable bonds is 8. The molecule has 0 heterocycles. The first-order valence-corrected chi connectivity index (χ1v) is 7.27. The van der Waals surface area contributed by atoms with Gasteiger partial charge in [-0.15, -0.1) is 18.3 Å². The van der Waals surface area contributed by atoms with Gasteiger partial charge in [0.25, 0.3) is 0 Å². The van der Waals surface area contributed by atoms with Crippen molar-refractivity contribution >= 4 is 11.8 Å². The van der Waals surface area contributed by atoms with Crippen molar-refractivity contribution in [3.05, 3.63) is 42.5 Å². The van der Waals surface area contributed by atoms with Crippen LogP contribution in [0.4, 0.5) is 0 Å². The number of hydrogen-bond donors (Lipinski definition) is 1. The minimum absolute atomic E-state index is 0.541. The maximum Gasteiger partial charge on any atom is 0.0208 e. The lowest BCUT2D eigenvalue weighted by Gasteiger charge is -2.09. The molecular weight excluding hydrogens is 226 g/mol. The third kappa shape index (κ3) is 6.54. The summed E-state index contributed by atoms with van der Waals surface area (Å²) in [7, 11) is 0. The molecule has 0 atom stereocenters. The Bertz CT molecular complexity index is 333. The van der Waals surface area contributed by atoms with Gasteiger partial charge in [-0.1, -0.05) is 32.1 Å². The van der Waals surface area contributed by atoms with Crippen LogP contribution in [0, 0.1) is 0 Å². The van der Waals surface area contributed by atoms with E-state index in [1.165, 1.54) is 22.6 Å². The van der Waals surface area contributed by atoms with Crippen molar-refractivity contribution in [1.29, 1.82) is 0 Å². The monoisotopic (exact) mass is 249 g/mol. The van der Waals surface area contributed by atoms with Crippen molar-refractivity contribution in [3.8, 4) is 0 Å². The van der Waals surface area contributed by atoms with E-state index >= 15 is 0 Å². The second-order valence-electron chi connectivity index (χ2n) is 4.46. The summed E-state index contributed by atoms with van der Waals surface area (Å²) in [6, 6.07) is 9.35. The number of unbranched alkanes of at least 4 members (excludes halogenated alkanes) is 1. The minimum Gasteiger partial charge on any atom is -0.310 e. The first-order valence-electron chi connectivity index (χ1n) is 6.28. The average Bonchev–Trinajstić information content (AvgIpc) is 2.33.